The molecule has 0 saturated heterocycles. The smallest absolute Gasteiger partial charge is 0.340 e. The number of hydrogen-bond acceptors (Lipinski definition) is 5. The predicted molar refractivity (Wildman–Crippen MR) is 99.5 cm³/mol. The third-order valence-corrected chi connectivity index (χ3v) is 4.42. The number of fused-ring (bicyclic) bond motifs is 1. The van der Waals surface area contributed by atoms with Crippen molar-refractivity contribution in [3.8, 4) is 5.75 Å². The van der Waals surface area contributed by atoms with Crippen molar-refractivity contribution in [2.24, 2.45) is 0 Å². The molecule has 2 aromatic heterocycles. The van der Waals surface area contributed by atoms with Crippen LogP contribution in [0.4, 0.5) is 0 Å². The molecule has 2 heterocycles. The van der Waals surface area contributed by atoms with E-state index in [0.29, 0.717) is 25.3 Å². The van der Waals surface area contributed by atoms with E-state index in [1.807, 2.05) is 48.7 Å². The lowest BCUT2D eigenvalue weighted by atomic mass is 10.0. The Kier molecular flexibility index (Phi) is 5.04. The van der Waals surface area contributed by atoms with E-state index in [4.69, 9.17) is 9.15 Å². The minimum Gasteiger partial charge on any atom is -0.508 e. The molecule has 6 heteroatoms. The minimum absolute atomic E-state index is 0.173. The van der Waals surface area contributed by atoms with Gasteiger partial charge >= 0.3 is 5.97 Å². The van der Waals surface area contributed by atoms with Gasteiger partial charge in [-0.15, -0.1) is 0 Å². The van der Waals surface area contributed by atoms with Crippen molar-refractivity contribution in [2.45, 2.75) is 26.9 Å². The van der Waals surface area contributed by atoms with E-state index in [0.717, 1.165) is 27.9 Å². The number of aromatic hydroxyl groups is 1. The molecular weight excluding hydrogens is 332 g/mol. The maximum atomic E-state index is 12.7. The molecule has 0 radical (unpaired) electrons. The highest BCUT2D eigenvalue weighted by atomic mass is 16.5. The van der Waals surface area contributed by atoms with E-state index in [2.05, 4.69) is 0 Å². The second-order valence-corrected chi connectivity index (χ2v) is 6.54. The Labute approximate surface area is 152 Å². The second-order valence-electron chi connectivity index (χ2n) is 6.54. The van der Waals surface area contributed by atoms with Crippen LogP contribution in [0.5, 0.6) is 5.75 Å². The number of carbonyl (C=O) groups excluding carboxylic acids is 1. The molecule has 138 valence electrons. The first-order valence-electron chi connectivity index (χ1n) is 8.61. The molecule has 0 amide bonds. The third-order valence-electron chi connectivity index (χ3n) is 4.42. The van der Waals surface area contributed by atoms with Crippen LogP contribution in [0.1, 0.15) is 34.3 Å². The van der Waals surface area contributed by atoms with Gasteiger partial charge < -0.3 is 23.7 Å². The zero-order chi connectivity index (χ0) is 18.8. The number of aromatic nitrogens is 1. The van der Waals surface area contributed by atoms with E-state index < -0.39 is 0 Å². The number of benzene rings is 1. The molecule has 0 aliphatic heterocycles. The highest BCUT2D eigenvalue weighted by Crippen LogP contribution is 2.35. The molecule has 1 N–H and O–H groups in total. The maximum absolute atomic E-state index is 12.7. The Hall–Kier alpha value is -2.73. The summed E-state index contributed by atoms with van der Waals surface area (Å²) < 4.78 is 12.8. The Bertz CT molecular complexity index is 923. The lowest BCUT2D eigenvalue weighted by Crippen LogP contribution is -2.12. The van der Waals surface area contributed by atoms with Crippen molar-refractivity contribution in [2.75, 3.05) is 20.7 Å². The number of carbonyl (C=O) groups is 1. The SMILES string of the molecule is CCOC(=O)c1c(C)n(Cc2ccco2)c2ccc(O)c(CN(C)C)c12. The molecule has 26 heavy (non-hydrogen) atoms. The van der Waals surface area contributed by atoms with Gasteiger partial charge in [0.15, 0.2) is 0 Å². The van der Waals surface area contributed by atoms with E-state index in [9.17, 15) is 9.90 Å². The average Bonchev–Trinajstić information content (AvgIpc) is 3.18. The van der Waals surface area contributed by atoms with Crippen LogP contribution >= 0.6 is 0 Å². The molecular formula is C20H24N2O4. The first kappa shape index (κ1) is 18.1. The number of phenols is 1. The maximum Gasteiger partial charge on any atom is 0.340 e. The molecule has 0 spiro atoms. The fraction of sp³-hybridized carbons (Fsp3) is 0.350. The fourth-order valence-electron chi connectivity index (χ4n) is 3.32. The number of furan rings is 1. The summed E-state index contributed by atoms with van der Waals surface area (Å²) in [6.07, 6.45) is 1.63. The van der Waals surface area contributed by atoms with Crippen LogP contribution in [0.3, 0.4) is 0 Å². The lowest BCUT2D eigenvalue weighted by molar-refractivity contribution is 0.0527. The van der Waals surface area contributed by atoms with Crippen molar-refractivity contribution in [1.29, 1.82) is 0 Å². The summed E-state index contributed by atoms with van der Waals surface area (Å²) in [6, 6.07) is 7.25. The summed E-state index contributed by atoms with van der Waals surface area (Å²) in [5.41, 5.74) is 2.88. The number of nitrogens with zero attached hydrogens (tertiary/aromatic N) is 2. The largest absolute Gasteiger partial charge is 0.508 e. The van der Waals surface area contributed by atoms with E-state index in [1.165, 1.54) is 0 Å². The topological polar surface area (TPSA) is 67.8 Å². The number of phenolic OH excluding ortho intramolecular Hbond substituents is 1. The van der Waals surface area contributed by atoms with E-state index in [-0.39, 0.29) is 11.7 Å². The highest BCUT2D eigenvalue weighted by molar-refractivity contribution is 6.08. The zero-order valence-electron chi connectivity index (χ0n) is 15.6. The highest BCUT2D eigenvalue weighted by Gasteiger charge is 2.25. The van der Waals surface area contributed by atoms with Gasteiger partial charge in [-0.2, -0.15) is 0 Å². The van der Waals surface area contributed by atoms with Gasteiger partial charge in [-0.3, -0.25) is 0 Å². The van der Waals surface area contributed by atoms with Gasteiger partial charge in [-0.25, -0.2) is 4.79 Å². The molecule has 0 bridgehead atoms. The molecule has 3 rings (SSSR count). The van der Waals surface area contributed by atoms with Crippen LogP contribution in [-0.4, -0.2) is 41.2 Å². The van der Waals surface area contributed by atoms with Crippen molar-refractivity contribution in [3.05, 3.63) is 53.1 Å². The molecule has 0 aliphatic carbocycles. The summed E-state index contributed by atoms with van der Waals surface area (Å²) in [4.78, 5) is 14.7. The third kappa shape index (κ3) is 3.20. The number of ether oxygens (including phenoxy) is 1. The van der Waals surface area contributed by atoms with Gasteiger partial charge in [0.1, 0.15) is 11.5 Å². The Balaban J connectivity index is 2.28. The Morgan fingerprint density at radius 1 is 1.31 bits per heavy atom. The van der Waals surface area contributed by atoms with Crippen molar-refractivity contribution < 1.29 is 19.1 Å². The molecule has 1 aromatic carbocycles. The van der Waals surface area contributed by atoms with Crippen LogP contribution in [-0.2, 0) is 17.8 Å². The quantitative estimate of drug-likeness (QED) is 0.684. The summed E-state index contributed by atoms with van der Waals surface area (Å²) >= 11 is 0. The van der Waals surface area contributed by atoms with Crippen LogP contribution in [0.25, 0.3) is 10.9 Å². The monoisotopic (exact) mass is 356 g/mol. The van der Waals surface area contributed by atoms with E-state index >= 15 is 0 Å². The number of hydrogen-bond donors (Lipinski definition) is 1. The molecule has 0 atom stereocenters. The molecule has 6 nitrogen and oxygen atoms in total. The van der Waals surface area contributed by atoms with Crippen LogP contribution in [0.15, 0.2) is 34.9 Å². The fourth-order valence-corrected chi connectivity index (χ4v) is 3.32. The summed E-state index contributed by atoms with van der Waals surface area (Å²) in [5.74, 6) is 0.591. The Morgan fingerprint density at radius 3 is 2.69 bits per heavy atom. The van der Waals surface area contributed by atoms with Crippen molar-refractivity contribution in [3.63, 3.8) is 0 Å². The van der Waals surface area contributed by atoms with E-state index in [1.54, 1.807) is 19.3 Å². The first-order valence-corrected chi connectivity index (χ1v) is 8.61. The number of esters is 1. The van der Waals surface area contributed by atoms with Crippen LogP contribution in [0.2, 0.25) is 0 Å². The molecule has 3 aromatic rings. The van der Waals surface area contributed by atoms with Crippen molar-refractivity contribution in [1.82, 2.24) is 9.47 Å². The summed E-state index contributed by atoms with van der Waals surface area (Å²) in [6.45, 7) is 4.99. The normalized spacial score (nSPS) is 11.4. The van der Waals surface area contributed by atoms with Gasteiger partial charge in [0, 0.05) is 23.2 Å². The standard InChI is InChI=1S/C20H24N2O4/c1-5-25-20(24)18-13(2)22(11-14-7-6-10-26-14)16-8-9-17(23)15(19(16)18)12-21(3)4/h6-10,23H,5,11-12H2,1-4H3. The minimum atomic E-state index is -0.376. The summed E-state index contributed by atoms with van der Waals surface area (Å²) in [5, 5.41) is 11.2. The van der Waals surface area contributed by atoms with Crippen LogP contribution in [0, 0.1) is 6.92 Å². The lowest BCUT2D eigenvalue weighted by Gasteiger charge is -2.14. The Morgan fingerprint density at radius 2 is 2.08 bits per heavy atom. The summed E-state index contributed by atoms with van der Waals surface area (Å²) in [7, 11) is 3.85. The number of rotatable bonds is 6. The van der Waals surface area contributed by atoms with Gasteiger partial charge in [0.05, 0.1) is 30.5 Å². The van der Waals surface area contributed by atoms with Gasteiger partial charge in [-0.05, 0) is 52.2 Å². The molecule has 0 saturated carbocycles. The second kappa shape index (κ2) is 7.25. The van der Waals surface area contributed by atoms with Crippen LogP contribution < -0.4 is 0 Å². The van der Waals surface area contributed by atoms with Gasteiger partial charge in [0.2, 0.25) is 0 Å². The molecule has 0 aliphatic rings. The molecule has 0 fully saturated rings. The van der Waals surface area contributed by atoms with Crippen molar-refractivity contribution >= 4 is 16.9 Å². The average molecular weight is 356 g/mol. The predicted octanol–water partition coefficient (Wildman–Crippen LogP) is 3.53. The van der Waals surface area contributed by atoms with Gasteiger partial charge in [0.25, 0.3) is 0 Å². The molecule has 0 unspecified atom stereocenters. The zero-order valence-corrected chi connectivity index (χ0v) is 15.6. The van der Waals surface area contributed by atoms with Gasteiger partial charge in [-0.1, -0.05) is 0 Å². The first-order chi connectivity index (χ1) is 12.4.